The highest BCUT2D eigenvalue weighted by molar-refractivity contribution is 5.81. The van der Waals surface area contributed by atoms with Crippen molar-refractivity contribution in [2.24, 2.45) is 5.92 Å². The molecule has 3 aromatic carbocycles. The van der Waals surface area contributed by atoms with Gasteiger partial charge in [0.2, 0.25) is 5.91 Å². The number of hydrogen-bond donors (Lipinski definition) is 3. The van der Waals surface area contributed by atoms with Crippen LogP contribution >= 0.6 is 0 Å². The molecular weight excluding hydrogens is 448 g/mol. The third-order valence-corrected chi connectivity index (χ3v) is 7.52. The number of para-hydroxylation sites is 1. The number of fused-ring (bicyclic) bond motifs is 2. The Labute approximate surface area is 212 Å². The monoisotopic (exact) mass is 482 g/mol. The maximum Gasteiger partial charge on any atom is 0.224 e. The van der Waals surface area contributed by atoms with E-state index in [1.807, 2.05) is 65.2 Å². The standard InChI is InChI=1S/C31H34N2O3/c1-21-8-7-12-23-14-15-28(30(21)23)32-31(36)25(16-22-9-3-2-4-10-22)18-27(35)19-26-17-24-11-5-6-13-29(24)33(26)20-34/h2-13,17,25,27-28,34-35H,14-16,18-20H2,1H3,(H,32,36)/t25?,27?,28-/m1/s1. The number of aliphatic hydroxyl groups is 2. The first kappa shape index (κ1) is 24.3. The molecule has 0 spiro atoms. The summed E-state index contributed by atoms with van der Waals surface area (Å²) in [7, 11) is 0. The number of rotatable bonds is 9. The van der Waals surface area contributed by atoms with Gasteiger partial charge in [0, 0.05) is 18.0 Å². The predicted octanol–water partition coefficient (Wildman–Crippen LogP) is 4.86. The Balaban J connectivity index is 1.34. The van der Waals surface area contributed by atoms with E-state index in [0.717, 1.165) is 35.0 Å². The molecule has 186 valence electrons. The lowest BCUT2D eigenvalue weighted by atomic mass is 9.90. The maximum absolute atomic E-state index is 13.6. The van der Waals surface area contributed by atoms with E-state index in [1.165, 1.54) is 16.7 Å². The van der Waals surface area contributed by atoms with Gasteiger partial charge in [0.25, 0.3) is 0 Å². The van der Waals surface area contributed by atoms with Gasteiger partial charge in [-0.1, -0.05) is 66.7 Å². The van der Waals surface area contributed by atoms with Gasteiger partial charge in [0.05, 0.1) is 17.7 Å². The molecule has 1 aliphatic rings. The summed E-state index contributed by atoms with van der Waals surface area (Å²) in [6.45, 7) is 1.96. The Morgan fingerprint density at radius 2 is 1.81 bits per heavy atom. The number of aryl methyl sites for hydroxylation is 2. The lowest BCUT2D eigenvalue weighted by molar-refractivity contribution is -0.126. The molecule has 5 heteroatoms. The van der Waals surface area contributed by atoms with Gasteiger partial charge in [-0.15, -0.1) is 0 Å². The van der Waals surface area contributed by atoms with Crippen LogP contribution in [0.5, 0.6) is 0 Å². The van der Waals surface area contributed by atoms with Crippen LogP contribution in [0.3, 0.4) is 0 Å². The SMILES string of the molecule is Cc1cccc2c1[C@H](NC(=O)C(Cc1ccccc1)CC(O)Cc1cc3ccccc3n1CO)CC2. The molecule has 0 aliphatic heterocycles. The predicted molar refractivity (Wildman–Crippen MR) is 143 cm³/mol. The molecule has 5 nitrogen and oxygen atoms in total. The van der Waals surface area contributed by atoms with Crippen molar-refractivity contribution in [2.75, 3.05) is 0 Å². The first-order valence-corrected chi connectivity index (χ1v) is 12.8. The van der Waals surface area contributed by atoms with E-state index < -0.39 is 6.10 Å². The van der Waals surface area contributed by atoms with Crippen molar-refractivity contribution >= 4 is 16.8 Å². The molecule has 1 aromatic heterocycles. The topological polar surface area (TPSA) is 74.5 Å². The summed E-state index contributed by atoms with van der Waals surface area (Å²) in [6.07, 6.45) is 2.46. The lowest BCUT2D eigenvalue weighted by Gasteiger charge is -2.24. The summed E-state index contributed by atoms with van der Waals surface area (Å²) >= 11 is 0. The van der Waals surface area contributed by atoms with Crippen molar-refractivity contribution in [3.8, 4) is 0 Å². The van der Waals surface area contributed by atoms with Crippen LogP contribution in [0.25, 0.3) is 10.9 Å². The molecule has 3 atom stereocenters. The third-order valence-electron chi connectivity index (χ3n) is 7.52. The van der Waals surface area contributed by atoms with Crippen molar-refractivity contribution in [1.82, 2.24) is 9.88 Å². The van der Waals surface area contributed by atoms with Crippen LogP contribution < -0.4 is 5.32 Å². The van der Waals surface area contributed by atoms with Gasteiger partial charge in [-0.3, -0.25) is 4.79 Å². The van der Waals surface area contributed by atoms with E-state index in [9.17, 15) is 15.0 Å². The van der Waals surface area contributed by atoms with Crippen LogP contribution in [0.15, 0.2) is 78.9 Å². The van der Waals surface area contributed by atoms with Crippen LogP contribution in [0.2, 0.25) is 0 Å². The summed E-state index contributed by atoms with van der Waals surface area (Å²) < 4.78 is 1.82. The number of carbonyl (C=O) groups is 1. The van der Waals surface area contributed by atoms with E-state index in [4.69, 9.17) is 0 Å². The Kier molecular flexibility index (Phi) is 7.21. The molecule has 2 unspecified atom stereocenters. The zero-order chi connectivity index (χ0) is 25.1. The van der Waals surface area contributed by atoms with E-state index in [-0.39, 0.29) is 24.6 Å². The molecule has 4 aromatic rings. The largest absolute Gasteiger partial charge is 0.393 e. The summed E-state index contributed by atoms with van der Waals surface area (Å²) in [5.41, 5.74) is 6.67. The summed E-state index contributed by atoms with van der Waals surface area (Å²) in [5.74, 6) is -0.371. The Morgan fingerprint density at radius 1 is 1.03 bits per heavy atom. The lowest BCUT2D eigenvalue weighted by Crippen LogP contribution is -2.36. The maximum atomic E-state index is 13.6. The summed E-state index contributed by atoms with van der Waals surface area (Å²) in [6, 6.07) is 26.3. The van der Waals surface area contributed by atoms with Gasteiger partial charge in [0.15, 0.2) is 0 Å². The first-order chi connectivity index (χ1) is 17.5. The number of nitrogens with zero attached hydrogens (tertiary/aromatic N) is 1. The van der Waals surface area contributed by atoms with Crippen molar-refractivity contribution < 1.29 is 15.0 Å². The molecule has 36 heavy (non-hydrogen) atoms. The Hall–Kier alpha value is -3.41. The quantitative estimate of drug-likeness (QED) is 0.319. The zero-order valence-electron chi connectivity index (χ0n) is 20.7. The number of benzene rings is 3. The van der Waals surface area contributed by atoms with Gasteiger partial charge in [0.1, 0.15) is 6.73 Å². The average molecular weight is 483 g/mol. The minimum absolute atomic E-state index is 0.0123. The molecule has 0 fully saturated rings. The fourth-order valence-corrected chi connectivity index (χ4v) is 5.77. The van der Waals surface area contributed by atoms with E-state index >= 15 is 0 Å². The number of hydrogen-bond acceptors (Lipinski definition) is 3. The van der Waals surface area contributed by atoms with Gasteiger partial charge in [-0.2, -0.15) is 0 Å². The molecule has 1 aliphatic carbocycles. The van der Waals surface area contributed by atoms with Gasteiger partial charge in [-0.25, -0.2) is 0 Å². The summed E-state index contributed by atoms with van der Waals surface area (Å²) in [4.78, 5) is 13.6. The average Bonchev–Trinajstić information content (AvgIpc) is 3.45. The Morgan fingerprint density at radius 3 is 2.61 bits per heavy atom. The van der Waals surface area contributed by atoms with Crippen molar-refractivity contribution in [1.29, 1.82) is 0 Å². The van der Waals surface area contributed by atoms with Gasteiger partial charge in [-0.05, 0) is 72.4 Å². The highest BCUT2D eigenvalue weighted by Crippen LogP contribution is 2.34. The molecule has 1 heterocycles. The number of nitrogens with one attached hydrogen (secondary N) is 1. The minimum Gasteiger partial charge on any atom is -0.393 e. The first-order valence-electron chi connectivity index (χ1n) is 12.8. The van der Waals surface area contributed by atoms with E-state index in [1.54, 1.807) is 0 Å². The summed E-state index contributed by atoms with van der Waals surface area (Å²) in [5, 5.41) is 25.4. The molecule has 0 bridgehead atoms. The number of aliphatic hydroxyl groups excluding tert-OH is 2. The van der Waals surface area contributed by atoms with Gasteiger partial charge < -0.3 is 20.1 Å². The zero-order valence-corrected chi connectivity index (χ0v) is 20.7. The van der Waals surface area contributed by atoms with Crippen LogP contribution in [0.4, 0.5) is 0 Å². The van der Waals surface area contributed by atoms with Crippen molar-refractivity contribution in [3.63, 3.8) is 0 Å². The highest BCUT2D eigenvalue weighted by Gasteiger charge is 2.30. The second-order valence-electron chi connectivity index (χ2n) is 9.99. The number of aromatic nitrogens is 1. The number of carbonyl (C=O) groups excluding carboxylic acids is 1. The van der Waals surface area contributed by atoms with Crippen LogP contribution in [0, 0.1) is 12.8 Å². The molecule has 1 amide bonds. The van der Waals surface area contributed by atoms with Crippen LogP contribution in [-0.4, -0.2) is 26.8 Å². The number of amides is 1. The van der Waals surface area contributed by atoms with Gasteiger partial charge >= 0.3 is 0 Å². The molecular formula is C31H34N2O3. The fraction of sp³-hybridized carbons (Fsp3) is 0.323. The van der Waals surface area contributed by atoms with Crippen LogP contribution in [0.1, 0.15) is 46.8 Å². The normalized spacial score (nSPS) is 16.6. The van der Waals surface area contributed by atoms with Crippen LogP contribution in [-0.2, 0) is 30.8 Å². The molecule has 0 saturated carbocycles. The molecule has 5 rings (SSSR count). The molecule has 3 N–H and O–H groups in total. The Bertz CT molecular complexity index is 1340. The second kappa shape index (κ2) is 10.7. The van der Waals surface area contributed by atoms with E-state index in [0.29, 0.717) is 19.3 Å². The highest BCUT2D eigenvalue weighted by atomic mass is 16.3. The fourth-order valence-electron chi connectivity index (χ4n) is 5.77. The third kappa shape index (κ3) is 5.08. The van der Waals surface area contributed by atoms with Crippen molar-refractivity contribution in [3.05, 3.63) is 107 Å². The van der Waals surface area contributed by atoms with Crippen molar-refractivity contribution in [2.45, 2.75) is 57.9 Å². The second-order valence-corrected chi connectivity index (χ2v) is 9.99. The molecule has 0 radical (unpaired) electrons. The molecule has 0 saturated heterocycles. The minimum atomic E-state index is -0.711. The smallest absolute Gasteiger partial charge is 0.224 e. The van der Waals surface area contributed by atoms with E-state index in [2.05, 4.69) is 30.4 Å².